The number of rotatable bonds is 3. The van der Waals surface area contributed by atoms with Crippen LogP contribution < -0.4 is 0 Å². The fourth-order valence-electron chi connectivity index (χ4n) is 0.737. The van der Waals surface area contributed by atoms with E-state index in [0.29, 0.717) is 5.21 Å². The molecule has 1 aromatic carbocycles. The highest BCUT2D eigenvalue weighted by Crippen LogP contribution is 2.15. The smallest absolute Gasteiger partial charge is 0.0683 e. The lowest BCUT2D eigenvalue weighted by molar-refractivity contribution is 1.42. The molecule has 0 radical (unpaired) electrons. The summed E-state index contributed by atoms with van der Waals surface area (Å²) in [7, 11) is 0. The van der Waals surface area contributed by atoms with Gasteiger partial charge in [0.2, 0.25) is 0 Å². The second kappa shape index (κ2) is 4.91. The molecule has 1 aromatic rings. The molecule has 0 fully saturated rings. The number of halogens is 2. The third-order valence-corrected chi connectivity index (χ3v) is 2.67. The largest absolute Gasteiger partial charge is 0.141 e. The average Bonchev–Trinajstić information content (AvgIpc) is 2.04. The molecule has 1 rings (SSSR count). The molecule has 3 heteroatoms. The van der Waals surface area contributed by atoms with Gasteiger partial charge in [-0.05, 0) is 17.7 Å². The fourth-order valence-corrected chi connectivity index (χ4v) is 1.60. The molecule has 0 spiro atoms. The van der Waals surface area contributed by atoms with Crippen molar-refractivity contribution in [2.45, 2.75) is 5.75 Å². The first-order valence-corrected chi connectivity index (χ1v) is 5.28. The van der Waals surface area contributed by atoms with Crippen molar-refractivity contribution in [2.24, 2.45) is 0 Å². The summed E-state index contributed by atoms with van der Waals surface area (Å²) in [6.45, 7) is 0. The Morgan fingerprint density at radius 1 is 1.18 bits per heavy atom. The molecule has 0 N–H and O–H groups in total. The van der Waals surface area contributed by atoms with Crippen LogP contribution in [0.3, 0.4) is 0 Å². The summed E-state index contributed by atoms with van der Waals surface area (Å²) in [5.74, 6) is 0.959. The van der Waals surface area contributed by atoms with Gasteiger partial charge >= 0.3 is 0 Å². The number of hydrogen-bond acceptors (Lipinski definition) is 1. The molecule has 0 aromatic heterocycles. The Bertz CT molecular complexity index is 208. The van der Waals surface area contributed by atoms with Crippen LogP contribution in [0.5, 0.6) is 0 Å². The Hall–Kier alpha value is 0.150. The molecule has 0 saturated heterocycles. The van der Waals surface area contributed by atoms with E-state index in [1.165, 1.54) is 5.56 Å². The summed E-state index contributed by atoms with van der Waals surface area (Å²) in [5, 5.41) is 1.42. The number of hydrogen-bond donors (Lipinski definition) is 0. The highest BCUT2D eigenvalue weighted by molar-refractivity contribution is 7.99. The van der Waals surface area contributed by atoms with Crippen LogP contribution in [0.4, 0.5) is 0 Å². The van der Waals surface area contributed by atoms with E-state index in [1.807, 2.05) is 24.3 Å². The van der Waals surface area contributed by atoms with Gasteiger partial charge in [-0.25, -0.2) is 0 Å². The van der Waals surface area contributed by atoms with Crippen molar-refractivity contribution in [2.75, 3.05) is 5.21 Å². The van der Waals surface area contributed by atoms with E-state index < -0.39 is 0 Å². The van der Waals surface area contributed by atoms with E-state index in [4.69, 9.17) is 23.2 Å². The summed E-state index contributed by atoms with van der Waals surface area (Å²) in [4.78, 5) is 0. The molecule has 0 aliphatic rings. The van der Waals surface area contributed by atoms with E-state index in [9.17, 15) is 0 Å². The Balaban J connectivity index is 2.52. The maximum atomic E-state index is 5.71. The molecular weight excluding hydrogens is 199 g/mol. The minimum absolute atomic E-state index is 0.641. The lowest BCUT2D eigenvalue weighted by Crippen LogP contribution is -1.78. The number of benzene rings is 1. The summed E-state index contributed by atoms with van der Waals surface area (Å²) >= 11 is 12.9. The molecule has 0 amide bonds. The van der Waals surface area contributed by atoms with Gasteiger partial charge in [-0.1, -0.05) is 23.7 Å². The predicted octanol–water partition coefficient (Wildman–Crippen LogP) is 3.77. The molecule has 0 nitrogen and oxygen atoms in total. The Labute approximate surface area is 80.9 Å². The van der Waals surface area contributed by atoms with Gasteiger partial charge in [-0.2, -0.15) is 0 Å². The predicted molar refractivity (Wildman–Crippen MR) is 53.5 cm³/mol. The molecule has 0 bridgehead atoms. The molecule has 0 unspecified atom stereocenters. The second-order valence-corrected chi connectivity index (χ2v) is 4.09. The van der Waals surface area contributed by atoms with Gasteiger partial charge in [-0.15, -0.1) is 23.4 Å². The van der Waals surface area contributed by atoms with E-state index in [0.717, 1.165) is 10.8 Å². The number of alkyl halides is 1. The fraction of sp³-hybridized carbons (Fsp3) is 0.250. The van der Waals surface area contributed by atoms with Crippen molar-refractivity contribution < 1.29 is 0 Å². The van der Waals surface area contributed by atoms with E-state index in [-0.39, 0.29) is 0 Å². The van der Waals surface area contributed by atoms with Gasteiger partial charge in [0, 0.05) is 10.8 Å². The first kappa shape index (κ1) is 9.24. The summed E-state index contributed by atoms with van der Waals surface area (Å²) in [6, 6.07) is 7.82. The zero-order valence-electron chi connectivity index (χ0n) is 5.89. The quantitative estimate of drug-likeness (QED) is 0.680. The van der Waals surface area contributed by atoms with Gasteiger partial charge in [0.15, 0.2) is 0 Å². The molecule has 0 aliphatic heterocycles. The van der Waals surface area contributed by atoms with Gasteiger partial charge < -0.3 is 0 Å². The Morgan fingerprint density at radius 2 is 1.82 bits per heavy atom. The number of thioether (sulfide) groups is 1. The zero-order valence-corrected chi connectivity index (χ0v) is 8.22. The maximum absolute atomic E-state index is 5.71. The monoisotopic (exact) mass is 206 g/mol. The second-order valence-electron chi connectivity index (χ2n) is 2.08. The van der Waals surface area contributed by atoms with E-state index in [2.05, 4.69) is 0 Å². The minimum atomic E-state index is 0.641. The third kappa shape index (κ3) is 3.37. The summed E-state index contributed by atoms with van der Waals surface area (Å²) in [6.07, 6.45) is 0. The standard InChI is InChI=1S/C8H8Cl2S/c9-6-11-5-7-1-3-8(10)4-2-7/h1-4H,5-6H2. The Morgan fingerprint density at radius 3 is 2.36 bits per heavy atom. The molecule has 11 heavy (non-hydrogen) atoms. The summed E-state index contributed by atoms with van der Waals surface area (Å²) < 4.78 is 0. The van der Waals surface area contributed by atoms with Gasteiger partial charge in [0.25, 0.3) is 0 Å². The Kier molecular flexibility index (Phi) is 4.13. The van der Waals surface area contributed by atoms with Crippen LogP contribution in [0.25, 0.3) is 0 Å². The van der Waals surface area contributed by atoms with Crippen LogP contribution >= 0.6 is 35.0 Å². The molecule has 0 saturated carbocycles. The van der Waals surface area contributed by atoms with Crippen LogP contribution in [-0.2, 0) is 5.75 Å². The molecular formula is C8H8Cl2S. The lowest BCUT2D eigenvalue weighted by atomic mass is 10.2. The van der Waals surface area contributed by atoms with Crippen LogP contribution in [0, 0.1) is 0 Å². The topological polar surface area (TPSA) is 0 Å². The van der Waals surface area contributed by atoms with Crippen LogP contribution in [-0.4, -0.2) is 5.21 Å². The van der Waals surface area contributed by atoms with Gasteiger partial charge in [0.05, 0.1) is 5.21 Å². The first-order valence-electron chi connectivity index (χ1n) is 3.21. The minimum Gasteiger partial charge on any atom is -0.141 e. The molecule has 0 heterocycles. The van der Waals surface area contributed by atoms with Crippen molar-refractivity contribution in [3.05, 3.63) is 34.9 Å². The van der Waals surface area contributed by atoms with Crippen molar-refractivity contribution in [3.63, 3.8) is 0 Å². The highest BCUT2D eigenvalue weighted by atomic mass is 35.5. The van der Waals surface area contributed by atoms with Crippen LogP contribution in [0.1, 0.15) is 5.56 Å². The highest BCUT2D eigenvalue weighted by Gasteiger charge is 1.91. The van der Waals surface area contributed by atoms with Gasteiger partial charge in [0.1, 0.15) is 0 Å². The van der Waals surface area contributed by atoms with Crippen molar-refractivity contribution >= 4 is 35.0 Å². The van der Waals surface area contributed by atoms with Gasteiger partial charge in [-0.3, -0.25) is 0 Å². The lowest BCUT2D eigenvalue weighted by Gasteiger charge is -1.97. The normalized spacial score (nSPS) is 10.0. The van der Waals surface area contributed by atoms with E-state index in [1.54, 1.807) is 11.8 Å². The summed E-state index contributed by atoms with van der Waals surface area (Å²) in [5.41, 5.74) is 1.26. The SMILES string of the molecule is ClCSCc1ccc(Cl)cc1. The molecule has 60 valence electrons. The first-order chi connectivity index (χ1) is 5.33. The van der Waals surface area contributed by atoms with Crippen molar-refractivity contribution in [3.8, 4) is 0 Å². The van der Waals surface area contributed by atoms with E-state index >= 15 is 0 Å². The van der Waals surface area contributed by atoms with Crippen molar-refractivity contribution in [1.82, 2.24) is 0 Å². The maximum Gasteiger partial charge on any atom is 0.0683 e. The molecule has 0 atom stereocenters. The van der Waals surface area contributed by atoms with Crippen LogP contribution in [0.15, 0.2) is 24.3 Å². The average molecular weight is 207 g/mol. The molecule has 0 aliphatic carbocycles. The van der Waals surface area contributed by atoms with Crippen molar-refractivity contribution in [1.29, 1.82) is 0 Å². The third-order valence-electron chi connectivity index (χ3n) is 1.26. The zero-order chi connectivity index (χ0) is 8.10. The van der Waals surface area contributed by atoms with Crippen LogP contribution in [0.2, 0.25) is 5.02 Å².